The first-order chi connectivity index (χ1) is 10.4. The van der Waals surface area contributed by atoms with E-state index in [2.05, 4.69) is 15.0 Å². The van der Waals surface area contributed by atoms with Gasteiger partial charge in [0.1, 0.15) is 5.52 Å². The van der Waals surface area contributed by atoms with Crippen LogP contribution in [0.4, 0.5) is 6.01 Å². The third-order valence-electron chi connectivity index (χ3n) is 4.11. The molecule has 1 aliphatic rings. The molecule has 4 rings (SSSR count). The second-order valence-corrected chi connectivity index (χ2v) is 5.54. The van der Waals surface area contributed by atoms with Crippen molar-refractivity contribution in [2.75, 3.05) is 11.4 Å². The molecule has 5 heteroatoms. The van der Waals surface area contributed by atoms with Crippen LogP contribution in [0.2, 0.25) is 0 Å². The Hall–Kier alpha value is -2.30. The van der Waals surface area contributed by atoms with Gasteiger partial charge in [0, 0.05) is 18.9 Å². The highest BCUT2D eigenvalue weighted by Crippen LogP contribution is 2.28. The number of piperidine rings is 1. The average Bonchev–Trinajstić information content (AvgIpc) is 3.16. The summed E-state index contributed by atoms with van der Waals surface area (Å²) in [5.74, 6) is 0. The van der Waals surface area contributed by atoms with Crippen LogP contribution >= 0.6 is 0 Å². The molecule has 0 aliphatic carbocycles. The fourth-order valence-corrected chi connectivity index (χ4v) is 3.05. The van der Waals surface area contributed by atoms with E-state index >= 15 is 0 Å². The van der Waals surface area contributed by atoms with Crippen LogP contribution in [0.5, 0.6) is 0 Å². The highest BCUT2D eigenvalue weighted by Gasteiger charge is 2.26. The molecule has 21 heavy (non-hydrogen) atoms. The van der Waals surface area contributed by atoms with E-state index in [9.17, 15) is 0 Å². The summed E-state index contributed by atoms with van der Waals surface area (Å²) in [5, 5.41) is 4.32. The SMILES string of the molecule is c1ccc2oc(N3CCCC[C@@H]3Cn3cccn3)nc2c1. The summed E-state index contributed by atoms with van der Waals surface area (Å²) < 4.78 is 7.93. The average molecular weight is 282 g/mol. The number of benzene rings is 1. The Bertz CT molecular complexity index is 686. The maximum absolute atomic E-state index is 5.94. The Morgan fingerprint density at radius 3 is 3.00 bits per heavy atom. The minimum absolute atomic E-state index is 0.395. The van der Waals surface area contributed by atoms with Gasteiger partial charge >= 0.3 is 0 Å². The lowest BCUT2D eigenvalue weighted by Gasteiger charge is -2.34. The number of hydrogen-bond acceptors (Lipinski definition) is 4. The normalized spacial score (nSPS) is 19.2. The fraction of sp³-hybridized carbons (Fsp3) is 0.375. The van der Waals surface area contributed by atoms with E-state index in [4.69, 9.17) is 4.42 Å². The minimum atomic E-state index is 0.395. The van der Waals surface area contributed by atoms with Gasteiger partial charge in [-0.1, -0.05) is 12.1 Å². The van der Waals surface area contributed by atoms with Gasteiger partial charge in [0.05, 0.1) is 12.6 Å². The summed E-state index contributed by atoms with van der Waals surface area (Å²) in [6, 6.07) is 11.0. The van der Waals surface area contributed by atoms with Crippen molar-refractivity contribution in [1.29, 1.82) is 0 Å². The van der Waals surface area contributed by atoms with Gasteiger partial charge in [0.2, 0.25) is 0 Å². The van der Waals surface area contributed by atoms with E-state index in [1.54, 1.807) is 0 Å². The molecule has 2 aromatic heterocycles. The number of hydrogen-bond donors (Lipinski definition) is 0. The molecule has 1 aromatic carbocycles. The Morgan fingerprint density at radius 1 is 1.19 bits per heavy atom. The highest BCUT2D eigenvalue weighted by atomic mass is 16.4. The van der Waals surface area contributed by atoms with Crippen molar-refractivity contribution in [1.82, 2.24) is 14.8 Å². The largest absolute Gasteiger partial charge is 0.423 e. The van der Waals surface area contributed by atoms with Crippen LogP contribution in [0.3, 0.4) is 0 Å². The molecule has 0 amide bonds. The van der Waals surface area contributed by atoms with Crippen molar-refractivity contribution >= 4 is 17.1 Å². The smallest absolute Gasteiger partial charge is 0.298 e. The Morgan fingerprint density at radius 2 is 2.14 bits per heavy atom. The van der Waals surface area contributed by atoms with E-state index in [1.807, 2.05) is 47.4 Å². The molecule has 0 spiro atoms. The molecule has 3 heterocycles. The lowest BCUT2D eigenvalue weighted by molar-refractivity contribution is 0.376. The van der Waals surface area contributed by atoms with Gasteiger partial charge in [-0.15, -0.1) is 0 Å². The van der Waals surface area contributed by atoms with E-state index in [1.165, 1.54) is 12.8 Å². The third-order valence-corrected chi connectivity index (χ3v) is 4.11. The molecule has 0 bridgehead atoms. The molecular weight excluding hydrogens is 264 g/mol. The summed E-state index contributed by atoms with van der Waals surface area (Å²) in [4.78, 5) is 6.94. The van der Waals surface area contributed by atoms with Crippen molar-refractivity contribution in [3.05, 3.63) is 42.7 Å². The first-order valence-corrected chi connectivity index (χ1v) is 7.50. The fourth-order valence-electron chi connectivity index (χ4n) is 3.05. The van der Waals surface area contributed by atoms with Crippen molar-refractivity contribution in [2.24, 2.45) is 0 Å². The Labute approximate surface area is 123 Å². The van der Waals surface area contributed by atoms with E-state index in [-0.39, 0.29) is 0 Å². The van der Waals surface area contributed by atoms with Crippen LogP contribution in [0.25, 0.3) is 11.1 Å². The highest BCUT2D eigenvalue weighted by molar-refractivity contribution is 5.74. The predicted molar refractivity (Wildman–Crippen MR) is 81.2 cm³/mol. The molecule has 0 saturated carbocycles. The summed E-state index contributed by atoms with van der Waals surface area (Å²) in [7, 11) is 0. The summed E-state index contributed by atoms with van der Waals surface area (Å²) in [6.07, 6.45) is 7.43. The van der Waals surface area contributed by atoms with E-state index in [0.29, 0.717) is 6.04 Å². The molecule has 0 N–H and O–H groups in total. The van der Waals surface area contributed by atoms with Crippen LogP contribution in [0, 0.1) is 0 Å². The van der Waals surface area contributed by atoms with Crippen LogP contribution in [-0.4, -0.2) is 27.4 Å². The first-order valence-electron chi connectivity index (χ1n) is 7.50. The number of nitrogens with zero attached hydrogens (tertiary/aromatic N) is 4. The van der Waals surface area contributed by atoms with Crippen LogP contribution < -0.4 is 4.90 Å². The monoisotopic (exact) mass is 282 g/mol. The standard InChI is InChI=1S/C16H18N4O/c1-2-8-15-14(7-1)18-16(21-15)20-11-4-3-6-13(20)12-19-10-5-9-17-19/h1-2,5,7-10,13H,3-4,6,11-12H2/t13-/m1/s1. The molecule has 1 fully saturated rings. The Balaban J connectivity index is 1.63. The summed E-state index contributed by atoms with van der Waals surface area (Å²) in [5.41, 5.74) is 1.78. The van der Waals surface area contributed by atoms with Crippen LogP contribution in [0.1, 0.15) is 19.3 Å². The molecule has 1 atom stereocenters. The lowest BCUT2D eigenvalue weighted by atomic mass is 10.0. The minimum Gasteiger partial charge on any atom is -0.423 e. The Kier molecular flexibility index (Phi) is 3.10. The van der Waals surface area contributed by atoms with Crippen LogP contribution in [0.15, 0.2) is 47.1 Å². The lowest BCUT2D eigenvalue weighted by Crippen LogP contribution is -2.42. The van der Waals surface area contributed by atoms with Crippen molar-refractivity contribution in [3.63, 3.8) is 0 Å². The molecular formula is C16H18N4O. The number of para-hydroxylation sites is 2. The molecule has 1 saturated heterocycles. The van der Waals surface area contributed by atoms with Crippen molar-refractivity contribution < 1.29 is 4.42 Å². The number of aromatic nitrogens is 3. The van der Waals surface area contributed by atoms with Gasteiger partial charge in [0.25, 0.3) is 6.01 Å². The molecule has 1 aliphatic heterocycles. The number of anilines is 1. The van der Waals surface area contributed by atoms with Crippen molar-refractivity contribution in [2.45, 2.75) is 31.8 Å². The number of fused-ring (bicyclic) bond motifs is 1. The molecule has 108 valence electrons. The predicted octanol–water partition coefficient (Wildman–Crippen LogP) is 3.08. The zero-order valence-corrected chi connectivity index (χ0v) is 11.9. The van der Waals surface area contributed by atoms with Gasteiger partial charge in [-0.3, -0.25) is 4.68 Å². The first kappa shape index (κ1) is 12.4. The number of rotatable bonds is 3. The molecule has 5 nitrogen and oxygen atoms in total. The van der Waals surface area contributed by atoms with Crippen LogP contribution in [-0.2, 0) is 6.54 Å². The number of oxazole rings is 1. The molecule has 3 aromatic rings. The quantitative estimate of drug-likeness (QED) is 0.740. The third kappa shape index (κ3) is 2.39. The van der Waals surface area contributed by atoms with Gasteiger partial charge in [-0.25, -0.2) is 0 Å². The van der Waals surface area contributed by atoms with Gasteiger partial charge < -0.3 is 9.32 Å². The summed E-state index contributed by atoms with van der Waals surface area (Å²) in [6.45, 7) is 1.88. The zero-order valence-electron chi connectivity index (χ0n) is 11.9. The van der Waals surface area contributed by atoms with E-state index in [0.717, 1.165) is 36.6 Å². The maximum atomic E-state index is 5.94. The summed E-state index contributed by atoms with van der Waals surface area (Å²) >= 11 is 0. The molecule has 0 unspecified atom stereocenters. The second kappa shape index (κ2) is 5.24. The topological polar surface area (TPSA) is 47.1 Å². The van der Waals surface area contributed by atoms with Gasteiger partial charge in [-0.2, -0.15) is 10.1 Å². The van der Waals surface area contributed by atoms with Gasteiger partial charge in [0.15, 0.2) is 5.58 Å². The maximum Gasteiger partial charge on any atom is 0.298 e. The van der Waals surface area contributed by atoms with Gasteiger partial charge in [-0.05, 0) is 37.5 Å². The zero-order chi connectivity index (χ0) is 14.1. The van der Waals surface area contributed by atoms with E-state index < -0.39 is 0 Å². The second-order valence-electron chi connectivity index (χ2n) is 5.54. The molecule has 0 radical (unpaired) electrons. The van der Waals surface area contributed by atoms with Crippen molar-refractivity contribution in [3.8, 4) is 0 Å².